The van der Waals surface area contributed by atoms with Crippen LogP contribution >= 0.6 is 7.82 Å². The van der Waals surface area contributed by atoms with E-state index in [0.717, 1.165) is 57.8 Å². The lowest BCUT2D eigenvalue weighted by Crippen LogP contribution is -2.29. The lowest BCUT2D eigenvalue weighted by molar-refractivity contribution is -0.154. The number of carbonyl (C=O) groups excluding carboxylic acids is 1. The van der Waals surface area contributed by atoms with E-state index in [-0.39, 0.29) is 25.6 Å². The summed E-state index contributed by atoms with van der Waals surface area (Å²) >= 11 is 0. The van der Waals surface area contributed by atoms with Gasteiger partial charge in [-0.1, -0.05) is 204 Å². The zero-order valence-electron chi connectivity index (χ0n) is 40.8. The van der Waals surface area contributed by atoms with Crippen LogP contribution in [0.4, 0.5) is 0 Å². The number of ether oxygens (including phenoxy) is 2. The van der Waals surface area contributed by atoms with Gasteiger partial charge in [0.2, 0.25) is 0 Å². The van der Waals surface area contributed by atoms with Crippen molar-refractivity contribution in [3.05, 3.63) is 48.6 Å². The summed E-state index contributed by atoms with van der Waals surface area (Å²) < 4.78 is 33.5. The number of aliphatic hydroxyl groups is 2. The second-order valence-corrected chi connectivity index (χ2v) is 19.0. The molecule has 0 saturated heterocycles. The smallest absolute Gasteiger partial charge is 0.457 e. The van der Waals surface area contributed by atoms with Crippen LogP contribution in [0.5, 0.6) is 0 Å². The first-order valence-electron chi connectivity index (χ1n) is 26.1. The highest BCUT2D eigenvalue weighted by molar-refractivity contribution is 7.47. The fourth-order valence-electron chi connectivity index (χ4n) is 7.24. The molecular formula is C53H99O9P. The molecular weight excluding hydrogens is 812 g/mol. The van der Waals surface area contributed by atoms with Crippen LogP contribution in [-0.4, -0.2) is 66.3 Å². The molecule has 3 unspecified atom stereocenters. The third-order valence-electron chi connectivity index (χ3n) is 11.2. The van der Waals surface area contributed by atoms with E-state index in [2.05, 4.69) is 62.5 Å². The number of phosphoric ester groups is 1. The zero-order chi connectivity index (χ0) is 46.0. The Hall–Kier alpha value is -1.58. The normalized spacial score (nSPS) is 14.2. The van der Waals surface area contributed by atoms with Gasteiger partial charge in [0.1, 0.15) is 12.2 Å². The van der Waals surface area contributed by atoms with Crippen molar-refractivity contribution in [2.75, 3.05) is 33.0 Å². The minimum absolute atomic E-state index is 0.0447. The lowest BCUT2D eigenvalue weighted by atomic mass is 10.0. The Labute approximate surface area is 388 Å². The molecule has 0 radical (unpaired) electrons. The Morgan fingerprint density at radius 1 is 0.492 bits per heavy atom. The second kappa shape index (κ2) is 49.8. The summed E-state index contributed by atoms with van der Waals surface area (Å²) in [5.74, 6) is -0.385. The largest absolute Gasteiger partial charge is 0.472 e. The van der Waals surface area contributed by atoms with E-state index in [9.17, 15) is 19.4 Å². The average Bonchev–Trinajstić information content (AvgIpc) is 3.28. The van der Waals surface area contributed by atoms with Gasteiger partial charge in [0.25, 0.3) is 0 Å². The molecule has 3 atom stereocenters. The van der Waals surface area contributed by atoms with Crippen molar-refractivity contribution in [3.8, 4) is 0 Å². The van der Waals surface area contributed by atoms with Gasteiger partial charge in [-0.15, -0.1) is 0 Å². The van der Waals surface area contributed by atoms with Gasteiger partial charge in [0, 0.05) is 13.0 Å². The molecule has 10 heteroatoms. The summed E-state index contributed by atoms with van der Waals surface area (Å²) in [5.41, 5.74) is 0. The molecule has 63 heavy (non-hydrogen) atoms. The maximum atomic E-state index is 12.7. The van der Waals surface area contributed by atoms with Gasteiger partial charge in [-0.3, -0.25) is 13.8 Å². The number of phosphoric acid groups is 1. The number of rotatable bonds is 50. The van der Waals surface area contributed by atoms with Crippen LogP contribution in [0.3, 0.4) is 0 Å². The Balaban J connectivity index is 4.07. The maximum absolute atomic E-state index is 12.7. The summed E-state index contributed by atoms with van der Waals surface area (Å²) in [6.45, 7) is 3.51. The highest BCUT2D eigenvalue weighted by Crippen LogP contribution is 2.43. The van der Waals surface area contributed by atoms with Gasteiger partial charge in [0.15, 0.2) is 0 Å². The third kappa shape index (κ3) is 49.7. The van der Waals surface area contributed by atoms with E-state index < -0.39 is 33.2 Å². The number of hydrogen-bond donors (Lipinski definition) is 3. The number of allylic oxidation sites excluding steroid dienone is 8. The van der Waals surface area contributed by atoms with Gasteiger partial charge in [-0.05, 0) is 77.0 Å². The first-order valence-corrected chi connectivity index (χ1v) is 27.6. The van der Waals surface area contributed by atoms with Crippen LogP contribution in [-0.2, 0) is 27.9 Å². The van der Waals surface area contributed by atoms with Gasteiger partial charge < -0.3 is 24.6 Å². The van der Waals surface area contributed by atoms with E-state index in [1.165, 1.54) is 161 Å². The van der Waals surface area contributed by atoms with E-state index >= 15 is 0 Å². The molecule has 0 aliphatic carbocycles. The SMILES string of the molecule is CCCCCC/C=C\C/C=C\CCCCCCCCCCOCC(COP(=O)(O)OCC(O)CO)OC(=O)CCCCCCCCCCCCC/C=C\C/C=C\CCCCCCC. The standard InChI is InChI=1S/C53H99O9P/c1-3-5-7-9-11-13-15-17-19-21-23-24-25-26-27-29-31-33-35-37-39-41-43-45-53(56)62-52(50-61-63(57,58)60-48-51(55)47-54)49-59-46-44-42-40-38-36-34-32-30-28-22-20-18-16-14-12-10-8-6-4-2/h14-17,20-23,51-52,54-55H,3-13,18-19,24-50H2,1-2H3,(H,57,58)/b16-14-,17-15-,22-20-,23-21-. The fraction of sp³-hybridized carbons (Fsp3) is 0.830. The number of aliphatic hydroxyl groups excluding tert-OH is 2. The topological polar surface area (TPSA) is 132 Å². The highest BCUT2D eigenvalue weighted by Gasteiger charge is 2.26. The summed E-state index contributed by atoms with van der Waals surface area (Å²) in [4.78, 5) is 22.7. The van der Waals surface area contributed by atoms with E-state index in [1.807, 2.05) is 0 Å². The van der Waals surface area contributed by atoms with Crippen molar-refractivity contribution >= 4 is 13.8 Å². The number of hydrogen-bond acceptors (Lipinski definition) is 8. The first-order chi connectivity index (χ1) is 30.8. The molecule has 0 aliphatic rings. The molecule has 0 aromatic carbocycles. The van der Waals surface area contributed by atoms with Gasteiger partial charge in [0.05, 0.1) is 26.4 Å². The Bertz CT molecular complexity index is 1120. The van der Waals surface area contributed by atoms with Crippen molar-refractivity contribution in [3.63, 3.8) is 0 Å². The minimum Gasteiger partial charge on any atom is -0.457 e. The summed E-state index contributed by atoms with van der Waals surface area (Å²) in [5, 5.41) is 18.4. The molecule has 0 aliphatic heterocycles. The number of unbranched alkanes of at least 4 members (excludes halogenated alkanes) is 28. The van der Waals surface area contributed by atoms with Crippen molar-refractivity contribution in [1.29, 1.82) is 0 Å². The van der Waals surface area contributed by atoms with Crippen molar-refractivity contribution < 1.29 is 43.0 Å². The molecule has 0 saturated carbocycles. The molecule has 370 valence electrons. The fourth-order valence-corrected chi connectivity index (χ4v) is 8.03. The lowest BCUT2D eigenvalue weighted by Gasteiger charge is -2.20. The van der Waals surface area contributed by atoms with Crippen LogP contribution in [0, 0.1) is 0 Å². The predicted octanol–water partition coefficient (Wildman–Crippen LogP) is 15.3. The summed E-state index contributed by atoms with van der Waals surface area (Å²) in [7, 11) is -4.53. The maximum Gasteiger partial charge on any atom is 0.472 e. The van der Waals surface area contributed by atoms with Gasteiger partial charge in [-0.2, -0.15) is 0 Å². The van der Waals surface area contributed by atoms with Crippen LogP contribution in [0.25, 0.3) is 0 Å². The molecule has 0 aromatic heterocycles. The monoisotopic (exact) mass is 911 g/mol. The average molecular weight is 911 g/mol. The Morgan fingerprint density at radius 2 is 0.857 bits per heavy atom. The minimum atomic E-state index is -4.53. The molecule has 3 N–H and O–H groups in total. The second-order valence-electron chi connectivity index (χ2n) is 17.5. The summed E-state index contributed by atoms with van der Waals surface area (Å²) in [6, 6.07) is 0. The molecule has 0 spiro atoms. The van der Waals surface area contributed by atoms with Crippen molar-refractivity contribution in [1.82, 2.24) is 0 Å². The number of carbonyl (C=O) groups is 1. The molecule has 0 bridgehead atoms. The molecule has 0 rings (SSSR count). The first kappa shape index (κ1) is 61.4. The van der Waals surface area contributed by atoms with Crippen LogP contribution in [0.2, 0.25) is 0 Å². The quantitative estimate of drug-likeness (QED) is 0.0236. The Morgan fingerprint density at radius 3 is 1.29 bits per heavy atom. The van der Waals surface area contributed by atoms with Gasteiger partial charge in [-0.25, -0.2) is 4.57 Å². The summed E-state index contributed by atoms with van der Waals surface area (Å²) in [6.07, 6.45) is 57.9. The molecule has 9 nitrogen and oxygen atoms in total. The van der Waals surface area contributed by atoms with Crippen molar-refractivity contribution in [2.45, 2.75) is 251 Å². The van der Waals surface area contributed by atoms with Gasteiger partial charge >= 0.3 is 13.8 Å². The van der Waals surface area contributed by atoms with Crippen LogP contribution in [0.1, 0.15) is 239 Å². The van der Waals surface area contributed by atoms with Crippen molar-refractivity contribution in [2.24, 2.45) is 0 Å². The van der Waals surface area contributed by atoms with E-state index in [4.69, 9.17) is 23.6 Å². The highest BCUT2D eigenvalue weighted by atomic mass is 31.2. The predicted molar refractivity (Wildman–Crippen MR) is 265 cm³/mol. The van der Waals surface area contributed by atoms with Crippen LogP contribution < -0.4 is 0 Å². The number of esters is 1. The molecule has 0 fully saturated rings. The Kier molecular flexibility index (Phi) is 48.6. The van der Waals surface area contributed by atoms with E-state index in [0.29, 0.717) is 6.61 Å². The zero-order valence-corrected chi connectivity index (χ0v) is 41.7. The third-order valence-corrected chi connectivity index (χ3v) is 12.2. The van der Waals surface area contributed by atoms with Crippen LogP contribution in [0.15, 0.2) is 48.6 Å². The van der Waals surface area contributed by atoms with E-state index in [1.54, 1.807) is 0 Å². The molecule has 0 aromatic rings. The molecule has 0 heterocycles. The molecule has 0 amide bonds.